The van der Waals surface area contributed by atoms with Gasteiger partial charge in [0.05, 0.1) is 8.07 Å². The van der Waals surface area contributed by atoms with E-state index in [1.165, 1.54) is 10.4 Å². The molecule has 0 unspecified atom stereocenters. The molecule has 6 heteroatoms. The van der Waals surface area contributed by atoms with Crippen LogP contribution < -0.4 is 30.0 Å². The predicted octanol–water partition coefficient (Wildman–Crippen LogP) is -0.0574. The summed E-state index contributed by atoms with van der Waals surface area (Å²) in [5, 5.41) is 12.8. The van der Waals surface area contributed by atoms with Crippen molar-refractivity contribution in [3.05, 3.63) is 47.2 Å². The number of phenolic OH excluding ortho intramolecular Hbond substituents is 1. The molecule has 0 bridgehead atoms. The van der Waals surface area contributed by atoms with Crippen LogP contribution in [0.1, 0.15) is 32.8 Å². The molecule has 28 heavy (non-hydrogen) atoms. The normalized spacial score (nSPS) is 13.0. The number of hydrogen-bond donors (Lipinski definition) is 1. The molecule has 159 valence electrons. The van der Waals surface area contributed by atoms with Crippen molar-refractivity contribution in [2.24, 2.45) is 0 Å². The Morgan fingerprint density at radius 1 is 1.00 bits per heavy atom. The van der Waals surface area contributed by atoms with Crippen LogP contribution in [-0.2, 0) is 20.0 Å². The molecule has 0 radical (unpaired) electrons. The maximum Gasteiger partial charge on any atom is -1.00 e. The van der Waals surface area contributed by atoms with Crippen molar-refractivity contribution in [3.63, 3.8) is 0 Å². The Balaban J connectivity index is -0.000000416. The van der Waals surface area contributed by atoms with Gasteiger partial charge < -0.3 is 29.9 Å². The Morgan fingerprint density at radius 2 is 1.50 bits per heavy atom. The Bertz CT molecular complexity index is 637. The van der Waals surface area contributed by atoms with E-state index in [0.717, 1.165) is 12.0 Å². The van der Waals surface area contributed by atoms with Crippen LogP contribution in [0.4, 0.5) is 0 Å². The zero-order chi connectivity index (χ0) is 20.8. The minimum atomic E-state index is -1.50. The number of aromatic hydroxyl groups is 1. The Hall–Kier alpha value is 0.0981. The van der Waals surface area contributed by atoms with E-state index in [9.17, 15) is 5.11 Å². The van der Waals surface area contributed by atoms with Crippen molar-refractivity contribution in [1.29, 1.82) is 0 Å². The molecule has 0 fully saturated rings. The summed E-state index contributed by atoms with van der Waals surface area (Å²) >= 11 is 1.75. The van der Waals surface area contributed by atoms with Crippen LogP contribution in [-0.4, -0.2) is 26.1 Å². The number of aryl methyl sites for hydroxylation is 1. The molecule has 0 saturated carbocycles. The van der Waals surface area contributed by atoms with Crippen LogP contribution >= 0.6 is 0 Å². The molecular weight excluding hydrogens is 455 g/mol. The Labute approximate surface area is 199 Å². The molecule has 1 aliphatic rings. The van der Waals surface area contributed by atoms with Crippen molar-refractivity contribution >= 4 is 26.2 Å². The third kappa shape index (κ3) is 10.2. The number of halogens is 2. The Morgan fingerprint density at radius 3 is 1.79 bits per heavy atom. The van der Waals surface area contributed by atoms with Crippen molar-refractivity contribution in [2.75, 3.05) is 0 Å². The van der Waals surface area contributed by atoms with Crippen LogP contribution in [0, 0.1) is 13.0 Å². The van der Waals surface area contributed by atoms with E-state index in [0.29, 0.717) is 10.8 Å². The number of hydrogen-bond acceptors (Lipinski definition) is 1. The first-order valence-corrected chi connectivity index (χ1v) is 16.8. The molecule has 0 amide bonds. The van der Waals surface area contributed by atoms with E-state index < -0.39 is 16.1 Å². The molecule has 2 rings (SSSR count). The van der Waals surface area contributed by atoms with Gasteiger partial charge in [-0.05, 0) is 29.7 Å². The molecule has 0 heterocycles. The molecular formula is C22H37Cl2OSi2Ti-2. The second-order valence-corrected chi connectivity index (χ2v) is 19.7. The van der Waals surface area contributed by atoms with Gasteiger partial charge in [0.25, 0.3) is 0 Å². The average Bonchev–Trinajstić information content (AvgIpc) is 3.02. The van der Waals surface area contributed by atoms with Gasteiger partial charge >= 0.3 is 24.8 Å². The predicted molar refractivity (Wildman–Crippen MR) is 121 cm³/mol. The second-order valence-electron chi connectivity index (χ2n) is 9.38. The van der Waals surface area contributed by atoms with Crippen molar-refractivity contribution in [1.82, 2.24) is 0 Å². The van der Waals surface area contributed by atoms with Crippen molar-refractivity contribution < 1.29 is 49.9 Å². The van der Waals surface area contributed by atoms with Crippen LogP contribution in [0.15, 0.2) is 35.5 Å². The van der Waals surface area contributed by atoms with E-state index in [-0.39, 0.29) is 24.8 Å². The van der Waals surface area contributed by atoms with Gasteiger partial charge in [0.2, 0.25) is 0 Å². The second kappa shape index (κ2) is 13.4. The standard InChI is InChI=1S/C13H22OSi.C8H13Si.CH2.2ClH.Ti/c1-10-7-11(14)9-12(8-10)15(5,6)13(2,3)4;1-9(2,3)8-6-4-5-7-8;;;;/h7-9,14H,1-6H3;4,6H,5H2,1-3H3;1H2;2*1H;/q;-1;;;;+1/p-2. The average molecular weight is 492 g/mol. The fraction of sp³-hybridized carbons (Fsp3) is 0.500. The summed E-state index contributed by atoms with van der Waals surface area (Å²) in [6.45, 7) is 20.7. The van der Waals surface area contributed by atoms with E-state index >= 15 is 0 Å². The van der Waals surface area contributed by atoms with Crippen LogP contribution in [0.25, 0.3) is 0 Å². The summed E-state index contributed by atoms with van der Waals surface area (Å²) in [7, 11) is -2.51. The van der Waals surface area contributed by atoms with Crippen LogP contribution in [0.2, 0.25) is 37.8 Å². The first kappa shape index (κ1) is 32.8. The van der Waals surface area contributed by atoms with E-state index in [2.05, 4.69) is 82.6 Å². The maximum absolute atomic E-state index is 9.65. The van der Waals surface area contributed by atoms with Gasteiger partial charge in [-0.15, -0.1) is 6.42 Å². The smallest absolute Gasteiger partial charge is 1.00 e. The number of rotatable bonds is 2. The first-order valence-electron chi connectivity index (χ1n) is 9.19. The zero-order valence-electron chi connectivity index (χ0n) is 19.0. The fourth-order valence-electron chi connectivity index (χ4n) is 2.48. The van der Waals surface area contributed by atoms with Gasteiger partial charge in [-0.2, -0.15) is 6.08 Å². The molecule has 1 N–H and O–H groups in total. The summed E-state index contributed by atoms with van der Waals surface area (Å²) in [6, 6.07) is 5.97. The van der Waals surface area contributed by atoms with Gasteiger partial charge in [-0.25, -0.2) is 11.3 Å². The number of benzene rings is 1. The Kier molecular flexibility index (Phi) is 15.7. The maximum atomic E-state index is 9.65. The molecule has 0 atom stereocenters. The van der Waals surface area contributed by atoms with Crippen LogP contribution in [0.5, 0.6) is 5.75 Å². The van der Waals surface area contributed by atoms with E-state index in [4.69, 9.17) is 0 Å². The zero-order valence-corrected chi connectivity index (χ0v) is 24.1. The molecule has 0 saturated heterocycles. The van der Waals surface area contributed by atoms with Crippen molar-refractivity contribution in [3.8, 4) is 5.75 Å². The largest absolute Gasteiger partial charge is 1.00 e. The quantitative estimate of drug-likeness (QED) is 0.454. The van der Waals surface area contributed by atoms with Crippen molar-refractivity contribution in [2.45, 2.75) is 71.9 Å². The SMILES string of the molecule is C[Si](C)(C)C1=[C-]CC=C1.Cc1cc(O)cc([Si](C)(C)C(C)(C)C)c1.[CH2]=[Ti+].[Cl-].[Cl-]. The molecule has 1 aliphatic carbocycles. The topological polar surface area (TPSA) is 20.2 Å². The summed E-state index contributed by atoms with van der Waals surface area (Å²) in [6.07, 6.45) is 8.82. The third-order valence-electron chi connectivity index (χ3n) is 5.16. The van der Waals surface area contributed by atoms with Gasteiger partial charge in [0.1, 0.15) is 5.75 Å². The van der Waals surface area contributed by atoms with E-state index in [1.54, 1.807) is 20.0 Å². The first-order chi connectivity index (χ1) is 11.7. The monoisotopic (exact) mass is 491 g/mol. The van der Waals surface area contributed by atoms with Gasteiger partial charge in [-0.1, -0.05) is 64.8 Å². The summed E-state index contributed by atoms with van der Waals surface area (Å²) in [4.78, 5) is 3.25. The summed E-state index contributed by atoms with van der Waals surface area (Å²) < 4.78 is 0. The number of phenols is 1. The van der Waals surface area contributed by atoms with Gasteiger partial charge in [-0.3, -0.25) is 6.08 Å². The molecule has 0 spiro atoms. The van der Waals surface area contributed by atoms with Gasteiger partial charge in [0.15, 0.2) is 0 Å². The third-order valence-corrected chi connectivity index (χ3v) is 12.6. The van der Waals surface area contributed by atoms with Crippen LogP contribution in [0.3, 0.4) is 0 Å². The fourth-order valence-corrected chi connectivity index (χ4v) is 5.69. The molecule has 0 aromatic heterocycles. The summed E-state index contributed by atoms with van der Waals surface area (Å²) in [5.74, 6) is 0.398. The van der Waals surface area contributed by atoms with Gasteiger partial charge in [0, 0.05) is 8.07 Å². The molecule has 1 aromatic rings. The molecule has 0 aliphatic heterocycles. The minimum absolute atomic E-state index is 0. The number of allylic oxidation sites excluding steroid dienone is 4. The minimum Gasteiger partial charge on any atom is -1.00 e. The summed E-state index contributed by atoms with van der Waals surface area (Å²) in [5.41, 5.74) is 1.15. The molecule has 1 aromatic carbocycles. The van der Waals surface area contributed by atoms with E-state index in [1.807, 2.05) is 19.1 Å². The molecule has 1 nitrogen and oxygen atoms in total.